The summed E-state index contributed by atoms with van der Waals surface area (Å²) in [5, 5.41) is 3.59. The number of hydrogen-bond acceptors (Lipinski definition) is 8. The van der Waals surface area contributed by atoms with Crippen LogP contribution in [0.3, 0.4) is 0 Å². The van der Waals surface area contributed by atoms with Crippen LogP contribution in [0.4, 0.5) is 20.5 Å². The van der Waals surface area contributed by atoms with E-state index in [2.05, 4.69) is 15.2 Å². The lowest BCUT2D eigenvalue weighted by molar-refractivity contribution is 0.0170. The maximum Gasteiger partial charge on any atom is 0.296 e. The smallest absolute Gasteiger partial charge is 0.296 e. The van der Waals surface area contributed by atoms with Gasteiger partial charge in [0.1, 0.15) is 11.6 Å². The molecule has 2 aliphatic heterocycles. The number of alkyl halides is 2. The molecule has 3 aromatic rings. The zero-order valence-corrected chi connectivity index (χ0v) is 22.3. The monoisotopic (exact) mass is 541 g/mol. The van der Waals surface area contributed by atoms with Gasteiger partial charge in [-0.05, 0) is 63.7 Å². The van der Waals surface area contributed by atoms with Gasteiger partial charge in [-0.2, -0.15) is 9.97 Å². The van der Waals surface area contributed by atoms with Crippen LogP contribution in [0.25, 0.3) is 16.9 Å². The van der Waals surface area contributed by atoms with E-state index in [1.807, 2.05) is 11.0 Å². The van der Waals surface area contributed by atoms with Crippen molar-refractivity contribution in [3.63, 3.8) is 0 Å². The molecule has 3 aliphatic rings. The number of fused-ring (bicyclic) bond motifs is 1. The summed E-state index contributed by atoms with van der Waals surface area (Å²) in [6.45, 7) is 6.66. The van der Waals surface area contributed by atoms with Crippen molar-refractivity contribution in [1.29, 1.82) is 0 Å². The molecule has 1 aliphatic carbocycles. The van der Waals surface area contributed by atoms with Gasteiger partial charge in [0.2, 0.25) is 5.95 Å². The Morgan fingerprint density at radius 3 is 2.51 bits per heavy atom. The molecule has 1 saturated carbocycles. The molecule has 2 aromatic heterocycles. The lowest BCUT2D eigenvalue weighted by atomic mass is 9.93. The van der Waals surface area contributed by atoms with E-state index in [1.54, 1.807) is 24.3 Å². The van der Waals surface area contributed by atoms with Gasteiger partial charge < -0.3 is 24.6 Å². The summed E-state index contributed by atoms with van der Waals surface area (Å²) in [6, 6.07) is 9.16. The summed E-state index contributed by atoms with van der Waals surface area (Å²) in [5.41, 5.74) is 1.11. The minimum absolute atomic E-state index is 0.234. The van der Waals surface area contributed by atoms with Crippen LogP contribution in [0.15, 0.2) is 30.3 Å². The van der Waals surface area contributed by atoms with E-state index in [1.165, 1.54) is 30.5 Å². The van der Waals surface area contributed by atoms with Gasteiger partial charge >= 0.3 is 0 Å². The first-order valence-electron chi connectivity index (χ1n) is 14.2. The molecule has 0 atom stereocenters. The molecule has 0 radical (unpaired) electrons. The van der Waals surface area contributed by atoms with E-state index in [9.17, 15) is 8.78 Å². The quantitative estimate of drug-likeness (QED) is 0.426. The number of nitrogens with zero attached hydrogens (tertiary/aromatic N) is 6. The van der Waals surface area contributed by atoms with E-state index >= 15 is 0 Å². The Labute approximate surface area is 227 Å². The van der Waals surface area contributed by atoms with Crippen LogP contribution in [-0.2, 0) is 9.47 Å². The van der Waals surface area contributed by atoms with Gasteiger partial charge in [0.05, 0.1) is 37.0 Å². The summed E-state index contributed by atoms with van der Waals surface area (Å²) in [5.74, 6) is 1.21. The highest BCUT2D eigenvalue weighted by Crippen LogP contribution is 2.30. The number of morpholine rings is 1. The molecule has 4 heterocycles. The summed E-state index contributed by atoms with van der Waals surface area (Å²) in [6.07, 6.45) is 4.08. The molecule has 0 spiro atoms. The number of ether oxygens (including phenoxy) is 2. The van der Waals surface area contributed by atoms with E-state index in [0.717, 1.165) is 38.8 Å². The zero-order valence-electron chi connectivity index (χ0n) is 22.3. The van der Waals surface area contributed by atoms with E-state index < -0.39 is 6.43 Å². The largest absolute Gasteiger partial charge is 0.378 e. The molecular formula is C28H37F2N7O2. The molecular weight excluding hydrogens is 504 g/mol. The number of benzene rings is 1. The van der Waals surface area contributed by atoms with Crippen molar-refractivity contribution in [1.82, 2.24) is 24.4 Å². The summed E-state index contributed by atoms with van der Waals surface area (Å²) < 4.78 is 41.4. The molecule has 11 heteroatoms. The number of halogens is 2. The number of aromatic nitrogens is 4. The molecule has 39 heavy (non-hydrogen) atoms. The fraction of sp³-hybridized carbons (Fsp3) is 0.607. The average Bonchev–Trinajstić information content (AvgIpc) is 3.63. The van der Waals surface area contributed by atoms with Crippen LogP contribution in [0, 0.1) is 0 Å². The Kier molecular flexibility index (Phi) is 8.17. The third-order valence-electron chi connectivity index (χ3n) is 7.99. The van der Waals surface area contributed by atoms with Gasteiger partial charge in [-0.1, -0.05) is 12.1 Å². The number of hydrogen-bond donors (Lipinski definition) is 1. The number of para-hydroxylation sites is 2. The van der Waals surface area contributed by atoms with E-state index in [0.29, 0.717) is 61.0 Å². The van der Waals surface area contributed by atoms with Crippen LogP contribution in [0.2, 0.25) is 0 Å². The topological polar surface area (TPSA) is 80.6 Å². The highest BCUT2D eigenvalue weighted by molar-refractivity contribution is 5.78. The summed E-state index contributed by atoms with van der Waals surface area (Å²) in [7, 11) is 0. The van der Waals surface area contributed by atoms with Crippen molar-refractivity contribution in [2.24, 2.45) is 0 Å². The molecule has 0 amide bonds. The molecule has 0 bridgehead atoms. The van der Waals surface area contributed by atoms with Gasteiger partial charge in [-0.15, -0.1) is 0 Å². The van der Waals surface area contributed by atoms with Crippen LogP contribution >= 0.6 is 0 Å². The van der Waals surface area contributed by atoms with Crippen molar-refractivity contribution >= 4 is 22.8 Å². The molecule has 6 rings (SSSR count). The predicted molar refractivity (Wildman–Crippen MR) is 146 cm³/mol. The van der Waals surface area contributed by atoms with Crippen molar-refractivity contribution in [2.45, 2.75) is 57.1 Å². The van der Waals surface area contributed by atoms with Gasteiger partial charge in [0, 0.05) is 31.7 Å². The standard InChI is InChI=1S/C28H37F2N7O2/c29-26(30)27-32-22-5-1-2-6-23(22)37(27)25-19-24(33-28(34-25)36-14-16-38-17-15-36)31-20-7-9-21(10-8-20)39-18-13-35-11-3-4-12-35/h1-2,5-6,19-21,26H,3-4,7-18H2,(H,31,33,34)/t20-,21-. The summed E-state index contributed by atoms with van der Waals surface area (Å²) in [4.78, 5) is 18.3. The second-order valence-corrected chi connectivity index (χ2v) is 10.6. The highest BCUT2D eigenvalue weighted by atomic mass is 19.3. The maximum absolute atomic E-state index is 14.1. The van der Waals surface area contributed by atoms with Gasteiger partial charge in [0.25, 0.3) is 6.43 Å². The highest BCUT2D eigenvalue weighted by Gasteiger charge is 2.26. The Hall–Kier alpha value is -2.89. The fourth-order valence-electron chi connectivity index (χ4n) is 5.88. The normalized spacial score (nSPS) is 22.7. The molecule has 0 unspecified atom stereocenters. The molecule has 1 N–H and O–H groups in total. The maximum atomic E-state index is 14.1. The number of likely N-dealkylation sites (tertiary alicyclic amines) is 1. The van der Waals surface area contributed by atoms with Crippen molar-refractivity contribution in [3.05, 3.63) is 36.2 Å². The van der Waals surface area contributed by atoms with Crippen LogP contribution < -0.4 is 10.2 Å². The Bertz CT molecular complexity index is 1240. The second-order valence-electron chi connectivity index (χ2n) is 10.6. The number of imidazole rings is 1. The Morgan fingerprint density at radius 2 is 1.74 bits per heavy atom. The third-order valence-corrected chi connectivity index (χ3v) is 7.99. The molecule has 210 valence electrons. The lowest BCUT2D eigenvalue weighted by Crippen LogP contribution is -2.38. The fourth-order valence-corrected chi connectivity index (χ4v) is 5.88. The molecule has 9 nitrogen and oxygen atoms in total. The van der Waals surface area contributed by atoms with Crippen molar-refractivity contribution < 1.29 is 18.3 Å². The lowest BCUT2D eigenvalue weighted by Gasteiger charge is -2.31. The van der Waals surface area contributed by atoms with Crippen LogP contribution in [0.1, 0.15) is 50.8 Å². The van der Waals surface area contributed by atoms with Crippen molar-refractivity contribution in [3.8, 4) is 5.82 Å². The molecule has 1 aromatic carbocycles. The van der Waals surface area contributed by atoms with Gasteiger partial charge in [-0.25, -0.2) is 13.8 Å². The second kappa shape index (κ2) is 12.1. The van der Waals surface area contributed by atoms with Crippen LogP contribution in [0.5, 0.6) is 0 Å². The zero-order chi connectivity index (χ0) is 26.6. The molecule has 3 fully saturated rings. The minimum atomic E-state index is -2.74. The first-order chi connectivity index (χ1) is 19.1. The van der Waals surface area contributed by atoms with Crippen molar-refractivity contribution in [2.75, 3.05) is 62.8 Å². The number of anilines is 2. The molecule has 2 saturated heterocycles. The first-order valence-corrected chi connectivity index (χ1v) is 14.2. The summed E-state index contributed by atoms with van der Waals surface area (Å²) >= 11 is 0. The number of rotatable bonds is 9. The van der Waals surface area contributed by atoms with E-state index in [-0.39, 0.29) is 11.9 Å². The van der Waals surface area contributed by atoms with Crippen LogP contribution in [-0.4, -0.2) is 89.1 Å². The Morgan fingerprint density at radius 1 is 0.974 bits per heavy atom. The minimum Gasteiger partial charge on any atom is -0.378 e. The third kappa shape index (κ3) is 6.15. The Balaban J connectivity index is 1.20. The first kappa shape index (κ1) is 26.3. The van der Waals surface area contributed by atoms with Gasteiger partial charge in [0.15, 0.2) is 5.82 Å². The SMILES string of the molecule is FC(F)c1nc2ccccc2n1-c1cc(N[C@H]2CC[C@H](OCCN3CCCC3)CC2)nc(N2CCOCC2)n1. The average molecular weight is 542 g/mol. The predicted octanol–water partition coefficient (Wildman–Crippen LogP) is 4.43. The van der Waals surface area contributed by atoms with E-state index in [4.69, 9.17) is 19.4 Å². The van der Waals surface area contributed by atoms with Gasteiger partial charge in [-0.3, -0.25) is 4.57 Å². The number of nitrogens with one attached hydrogen (secondary N) is 1.